The number of hydrogen-bond donors (Lipinski definition) is 2. The zero-order valence-corrected chi connectivity index (χ0v) is 13.9. The van der Waals surface area contributed by atoms with E-state index in [4.69, 9.17) is 35.4 Å². The Morgan fingerprint density at radius 3 is 2.86 bits per heavy atom. The molecule has 0 radical (unpaired) electrons. The number of aryl methyl sites for hydroxylation is 2. The maximum atomic E-state index is 6.07. The normalized spacial score (nSPS) is 10.4. The van der Waals surface area contributed by atoms with E-state index >= 15 is 0 Å². The first-order valence-corrected chi connectivity index (χ1v) is 7.70. The topological polar surface area (TPSA) is 41.9 Å². The van der Waals surface area contributed by atoms with Crippen LogP contribution in [0.15, 0.2) is 30.6 Å². The van der Waals surface area contributed by atoms with E-state index in [1.165, 1.54) is 0 Å². The van der Waals surface area contributed by atoms with E-state index in [1.807, 2.05) is 25.1 Å². The van der Waals surface area contributed by atoms with E-state index in [1.54, 1.807) is 17.1 Å². The summed E-state index contributed by atoms with van der Waals surface area (Å²) in [6.45, 7) is 3.51. The number of aromatic nitrogens is 2. The van der Waals surface area contributed by atoms with Gasteiger partial charge in [0.2, 0.25) is 0 Å². The number of hydrogen-bond acceptors (Lipinski definition) is 2. The second-order valence-electron chi connectivity index (χ2n) is 4.62. The van der Waals surface area contributed by atoms with Gasteiger partial charge in [0.05, 0.1) is 11.2 Å². The molecule has 2 N–H and O–H groups in total. The molecule has 0 aliphatic heterocycles. The quantitative estimate of drug-likeness (QED) is 0.639. The highest BCUT2D eigenvalue weighted by Crippen LogP contribution is 2.19. The Morgan fingerprint density at radius 2 is 2.19 bits per heavy atom. The highest BCUT2D eigenvalue weighted by Gasteiger charge is 2.01. The summed E-state index contributed by atoms with van der Waals surface area (Å²) < 4.78 is 1.81. The van der Waals surface area contributed by atoms with Crippen LogP contribution >= 0.6 is 35.4 Å². The Morgan fingerprint density at radius 1 is 1.38 bits per heavy atom. The van der Waals surface area contributed by atoms with E-state index in [9.17, 15) is 0 Å². The summed E-state index contributed by atoms with van der Waals surface area (Å²) in [5.74, 6) is 0. The van der Waals surface area contributed by atoms with Gasteiger partial charge in [-0.1, -0.05) is 29.3 Å². The van der Waals surface area contributed by atoms with E-state index in [0.29, 0.717) is 10.1 Å². The van der Waals surface area contributed by atoms with Crippen LogP contribution in [0.2, 0.25) is 10.0 Å². The molecule has 0 aliphatic rings. The molecule has 112 valence electrons. The minimum Gasteiger partial charge on any atom is -0.362 e. The van der Waals surface area contributed by atoms with Gasteiger partial charge in [0.1, 0.15) is 0 Å². The molecule has 7 heteroatoms. The SMILES string of the molecule is Cc1ccc(NC(=S)NCCCn2cc(Cl)cn2)cc1Cl. The number of nitrogens with zero attached hydrogens (tertiary/aromatic N) is 2. The van der Waals surface area contributed by atoms with Gasteiger partial charge in [-0.05, 0) is 43.3 Å². The van der Waals surface area contributed by atoms with Crippen molar-refractivity contribution in [3.05, 3.63) is 46.2 Å². The molecule has 4 nitrogen and oxygen atoms in total. The molecular weight excluding hydrogens is 327 g/mol. The van der Waals surface area contributed by atoms with Crippen LogP contribution in [0, 0.1) is 6.92 Å². The van der Waals surface area contributed by atoms with Gasteiger partial charge in [-0.2, -0.15) is 5.10 Å². The number of nitrogens with one attached hydrogen (secondary N) is 2. The number of benzene rings is 1. The minimum atomic E-state index is 0.577. The van der Waals surface area contributed by atoms with Crippen LogP contribution < -0.4 is 10.6 Å². The Balaban J connectivity index is 1.71. The number of halogens is 2. The third-order valence-corrected chi connectivity index (χ3v) is 3.73. The Kier molecular flexibility index (Phi) is 5.85. The Hall–Kier alpha value is -1.30. The summed E-state index contributed by atoms with van der Waals surface area (Å²) >= 11 is 17.1. The van der Waals surface area contributed by atoms with E-state index in [0.717, 1.165) is 35.8 Å². The highest BCUT2D eigenvalue weighted by atomic mass is 35.5. The van der Waals surface area contributed by atoms with Crippen LogP contribution in [0.3, 0.4) is 0 Å². The van der Waals surface area contributed by atoms with Gasteiger partial charge in [0.25, 0.3) is 0 Å². The fourth-order valence-corrected chi connectivity index (χ4v) is 2.31. The smallest absolute Gasteiger partial charge is 0.170 e. The summed E-state index contributed by atoms with van der Waals surface area (Å²) in [7, 11) is 0. The summed E-state index contributed by atoms with van der Waals surface area (Å²) in [6.07, 6.45) is 4.32. The van der Waals surface area contributed by atoms with Gasteiger partial charge in [-0.25, -0.2) is 0 Å². The molecule has 0 fully saturated rings. The summed E-state index contributed by atoms with van der Waals surface area (Å²) in [5, 5.41) is 12.3. The van der Waals surface area contributed by atoms with Gasteiger partial charge < -0.3 is 10.6 Å². The molecular formula is C14H16Cl2N4S. The van der Waals surface area contributed by atoms with Crippen molar-refractivity contribution in [2.45, 2.75) is 19.9 Å². The lowest BCUT2D eigenvalue weighted by Gasteiger charge is -2.11. The van der Waals surface area contributed by atoms with Gasteiger partial charge in [-0.3, -0.25) is 4.68 Å². The number of thiocarbonyl (C=S) groups is 1. The van der Waals surface area contributed by atoms with Crippen LogP contribution in [0.5, 0.6) is 0 Å². The van der Waals surface area contributed by atoms with Crippen molar-refractivity contribution in [1.82, 2.24) is 15.1 Å². The number of rotatable bonds is 5. The van der Waals surface area contributed by atoms with Crippen molar-refractivity contribution in [3.63, 3.8) is 0 Å². The van der Waals surface area contributed by atoms with Crippen molar-refractivity contribution in [1.29, 1.82) is 0 Å². The zero-order valence-electron chi connectivity index (χ0n) is 11.6. The minimum absolute atomic E-state index is 0.577. The molecule has 0 bridgehead atoms. The van der Waals surface area contributed by atoms with Crippen LogP contribution in [0.25, 0.3) is 0 Å². The van der Waals surface area contributed by atoms with Gasteiger partial charge in [-0.15, -0.1) is 0 Å². The second-order valence-corrected chi connectivity index (χ2v) is 5.87. The zero-order chi connectivity index (χ0) is 15.2. The second kappa shape index (κ2) is 7.64. The highest BCUT2D eigenvalue weighted by molar-refractivity contribution is 7.80. The largest absolute Gasteiger partial charge is 0.362 e. The monoisotopic (exact) mass is 342 g/mol. The van der Waals surface area contributed by atoms with Crippen molar-refractivity contribution in [2.75, 3.05) is 11.9 Å². The van der Waals surface area contributed by atoms with Crippen molar-refractivity contribution in [3.8, 4) is 0 Å². The lowest BCUT2D eigenvalue weighted by molar-refractivity contribution is 0.574. The third kappa shape index (κ3) is 5.19. The molecule has 1 aromatic carbocycles. The molecule has 21 heavy (non-hydrogen) atoms. The molecule has 2 aromatic rings. The first kappa shape index (κ1) is 16.1. The third-order valence-electron chi connectivity index (χ3n) is 2.88. The van der Waals surface area contributed by atoms with Crippen molar-refractivity contribution >= 4 is 46.2 Å². The molecule has 0 saturated carbocycles. The molecule has 0 unspecified atom stereocenters. The first-order chi connectivity index (χ1) is 10.0. The lowest BCUT2D eigenvalue weighted by Crippen LogP contribution is -2.29. The molecule has 0 saturated heterocycles. The van der Waals surface area contributed by atoms with Crippen molar-refractivity contribution in [2.24, 2.45) is 0 Å². The lowest BCUT2D eigenvalue weighted by atomic mass is 10.2. The molecule has 0 spiro atoms. The Labute approximate surface area is 139 Å². The fraction of sp³-hybridized carbons (Fsp3) is 0.286. The maximum absolute atomic E-state index is 6.07. The number of anilines is 1. The molecule has 0 aliphatic carbocycles. The summed E-state index contributed by atoms with van der Waals surface area (Å²) in [4.78, 5) is 0. The van der Waals surface area contributed by atoms with E-state index < -0.39 is 0 Å². The maximum Gasteiger partial charge on any atom is 0.170 e. The fourth-order valence-electron chi connectivity index (χ4n) is 1.75. The molecule has 0 amide bonds. The molecule has 2 rings (SSSR count). The molecule has 1 heterocycles. The van der Waals surface area contributed by atoms with Gasteiger partial charge >= 0.3 is 0 Å². The molecule has 1 aromatic heterocycles. The van der Waals surface area contributed by atoms with E-state index in [2.05, 4.69) is 15.7 Å². The van der Waals surface area contributed by atoms with Gasteiger partial charge in [0, 0.05) is 30.0 Å². The molecule has 0 atom stereocenters. The van der Waals surface area contributed by atoms with Crippen LogP contribution in [-0.2, 0) is 6.54 Å². The summed E-state index contributed by atoms with van der Waals surface area (Å²) in [5.41, 5.74) is 1.92. The van der Waals surface area contributed by atoms with Crippen LogP contribution in [0.4, 0.5) is 5.69 Å². The van der Waals surface area contributed by atoms with Gasteiger partial charge in [0.15, 0.2) is 5.11 Å². The summed E-state index contributed by atoms with van der Waals surface area (Å²) in [6, 6.07) is 5.76. The van der Waals surface area contributed by atoms with Crippen molar-refractivity contribution < 1.29 is 0 Å². The predicted octanol–water partition coefficient (Wildman–Crippen LogP) is 3.88. The van der Waals surface area contributed by atoms with Crippen LogP contribution in [-0.4, -0.2) is 21.4 Å². The first-order valence-electron chi connectivity index (χ1n) is 6.53. The van der Waals surface area contributed by atoms with E-state index in [-0.39, 0.29) is 0 Å². The van der Waals surface area contributed by atoms with Crippen LogP contribution in [0.1, 0.15) is 12.0 Å². The Bertz CT molecular complexity index is 627. The average molecular weight is 343 g/mol. The standard InChI is InChI=1S/C14H16Cl2N4S/c1-10-3-4-12(7-13(10)16)19-14(21)17-5-2-6-20-9-11(15)8-18-20/h3-4,7-9H,2,5-6H2,1H3,(H2,17,19,21). The predicted molar refractivity (Wildman–Crippen MR) is 92.3 cm³/mol. The average Bonchev–Trinajstić information content (AvgIpc) is 2.85.